The second-order valence-corrected chi connectivity index (χ2v) is 4.68. The lowest BCUT2D eigenvalue weighted by molar-refractivity contribution is -0.147. The van der Waals surface area contributed by atoms with Crippen LogP contribution in [0.1, 0.15) is 34.6 Å². The zero-order chi connectivity index (χ0) is 15.0. The average Bonchev–Trinajstić information content (AvgIpc) is 2.28. The zero-order valence-electron chi connectivity index (χ0n) is 12.3. The van der Waals surface area contributed by atoms with Gasteiger partial charge in [-0.1, -0.05) is 13.8 Å². The van der Waals surface area contributed by atoms with E-state index in [0.29, 0.717) is 12.5 Å². The number of rotatable bonds is 7. The largest absolute Gasteiger partial charge is 0.463 e. The molecule has 110 valence electrons. The summed E-state index contributed by atoms with van der Waals surface area (Å²) in [5.41, 5.74) is 8.54. The van der Waals surface area contributed by atoms with E-state index >= 15 is 0 Å². The smallest absolute Gasteiger partial charge is 0.353 e. The van der Waals surface area contributed by atoms with Crippen molar-refractivity contribution in [3.05, 3.63) is 11.1 Å². The molecule has 0 rings (SSSR count). The lowest BCUT2D eigenvalue weighted by Gasteiger charge is -2.14. The summed E-state index contributed by atoms with van der Waals surface area (Å²) in [5, 5.41) is 0. The first-order valence-electron chi connectivity index (χ1n) is 6.38. The molecule has 19 heavy (non-hydrogen) atoms. The minimum absolute atomic E-state index is 0.137. The first kappa shape index (κ1) is 17.6. The van der Waals surface area contributed by atoms with Gasteiger partial charge in [0.05, 0.1) is 12.2 Å². The third kappa shape index (κ3) is 6.35. The summed E-state index contributed by atoms with van der Waals surface area (Å²) >= 11 is 0. The van der Waals surface area contributed by atoms with Gasteiger partial charge in [-0.05, 0) is 26.7 Å². The monoisotopic (exact) mass is 272 g/mol. The predicted molar refractivity (Wildman–Crippen MR) is 71.9 cm³/mol. The second-order valence-electron chi connectivity index (χ2n) is 4.68. The zero-order valence-corrected chi connectivity index (χ0v) is 12.3. The molecule has 1 unspecified atom stereocenters. The van der Waals surface area contributed by atoms with Gasteiger partial charge in [-0.25, -0.2) is 9.59 Å². The molecule has 0 fully saturated rings. The maximum atomic E-state index is 11.8. The summed E-state index contributed by atoms with van der Waals surface area (Å²) in [4.78, 5) is 28.4. The first-order chi connectivity index (χ1) is 8.81. The molecule has 1 atom stereocenters. The van der Waals surface area contributed by atoms with Gasteiger partial charge in [0.25, 0.3) is 0 Å². The van der Waals surface area contributed by atoms with Crippen LogP contribution in [0.15, 0.2) is 11.1 Å². The van der Waals surface area contributed by atoms with E-state index in [1.54, 1.807) is 13.8 Å². The molecule has 0 aromatic heterocycles. The van der Waals surface area contributed by atoms with Gasteiger partial charge in [0.15, 0.2) is 0 Å². The maximum absolute atomic E-state index is 11.8. The number of nitrogens with two attached hydrogens (primary N) is 1. The third-order valence-corrected chi connectivity index (χ3v) is 2.32. The van der Waals surface area contributed by atoms with Crippen molar-refractivity contribution < 1.29 is 19.2 Å². The van der Waals surface area contributed by atoms with Crippen LogP contribution >= 0.6 is 0 Å². The summed E-state index contributed by atoms with van der Waals surface area (Å²) < 4.78 is 4.87. The molecule has 6 nitrogen and oxygen atoms in total. The van der Waals surface area contributed by atoms with Crippen LogP contribution < -0.4 is 11.2 Å². The van der Waals surface area contributed by atoms with E-state index < -0.39 is 18.0 Å². The summed E-state index contributed by atoms with van der Waals surface area (Å²) in [6.07, 6.45) is 0. The van der Waals surface area contributed by atoms with Crippen LogP contribution in [0.5, 0.6) is 0 Å². The van der Waals surface area contributed by atoms with E-state index in [4.69, 9.17) is 15.3 Å². The van der Waals surface area contributed by atoms with Crippen molar-refractivity contribution in [2.45, 2.75) is 40.7 Å². The highest BCUT2D eigenvalue weighted by atomic mass is 16.7. The Morgan fingerprint density at radius 2 is 1.79 bits per heavy atom. The molecule has 0 saturated carbocycles. The molecule has 0 aromatic carbocycles. The molecule has 0 aliphatic rings. The lowest BCUT2D eigenvalue weighted by atomic mass is 10.0. The number of carbonyl (C=O) groups excluding carboxylic acids is 2. The van der Waals surface area contributed by atoms with E-state index in [-0.39, 0.29) is 17.8 Å². The highest BCUT2D eigenvalue weighted by Crippen LogP contribution is 2.11. The third-order valence-electron chi connectivity index (χ3n) is 2.32. The van der Waals surface area contributed by atoms with Gasteiger partial charge in [-0.2, -0.15) is 5.48 Å². The van der Waals surface area contributed by atoms with E-state index in [1.807, 2.05) is 13.8 Å². The molecule has 0 bridgehead atoms. The summed E-state index contributed by atoms with van der Waals surface area (Å²) in [6, 6.07) is -0.600. The Hall–Kier alpha value is -1.40. The van der Waals surface area contributed by atoms with Crippen molar-refractivity contribution in [2.75, 3.05) is 13.2 Å². The van der Waals surface area contributed by atoms with Crippen LogP contribution in [-0.2, 0) is 19.2 Å². The molecule has 0 aromatic rings. The van der Waals surface area contributed by atoms with E-state index in [1.165, 1.54) is 6.92 Å². The average molecular weight is 272 g/mol. The Balaban J connectivity index is 4.82. The highest BCUT2D eigenvalue weighted by Gasteiger charge is 2.23. The van der Waals surface area contributed by atoms with Gasteiger partial charge in [-0.3, -0.25) is 0 Å². The summed E-state index contributed by atoms with van der Waals surface area (Å²) in [5.74, 6) is -0.869. The number of ether oxygens (including phenoxy) is 1. The van der Waals surface area contributed by atoms with Crippen molar-refractivity contribution in [2.24, 2.45) is 11.7 Å². The number of carbonyl (C=O) groups is 2. The number of esters is 1. The molecule has 0 heterocycles. The maximum Gasteiger partial charge on any atom is 0.353 e. The molecular weight excluding hydrogens is 248 g/mol. The lowest BCUT2D eigenvalue weighted by Crippen LogP contribution is -2.30. The Morgan fingerprint density at radius 3 is 2.21 bits per heavy atom. The fraction of sp³-hybridized carbons (Fsp3) is 0.692. The van der Waals surface area contributed by atoms with E-state index in [9.17, 15) is 9.59 Å². The molecule has 0 saturated heterocycles. The number of hydrogen-bond acceptors (Lipinski definition) is 6. The summed E-state index contributed by atoms with van der Waals surface area (Å²) in [7, 11) is 0. The van der Waals surface area contributed by atoms with Crippen LogP contribution in [0.4, 0.5) is 0 Å². The van der Waals surface area contributed by atoms with Crippen LogP contribution in [0.2, 0.25) is 0 Å². The molecule has 0 spiro atoms. The van der Waals surface area contributed by atoms with Gasteiger partial charge in [-0.15, -0.1) is 0 Å². The molecule has 0 aliphatic heterocycles. The molecule has 6 heteroatoms. The van der Waals surface area contributed by atoms with Gasteiger partial charge in [0.2, 0.25) is 0 Å². The van der Waals surface area contributed by atoms with Gasteiger partial charge in [0.1, 0.15) is 0 Å². The first-order valence-corrected chi connectivity index (χ1v) is 6.38. The SMILES string of the molecule is CCOC(=O)C(=C(C)C(=O)ONCC(C)C)C(C)N. The second kappa shape index (κ2) is 8.66. The molecule has 3 N–H and O–H groups in total. The predicted octanol–water partition coefficient (Wildman–Crippen LogP) is 0.917. The quantitative estimate of drug-likeness (QED) is 0.407. The van der Waals surface area contributed by atoms with Gasteiger partial charge < -0.3 is 15.3 Å². The van der Waals surface area contributed by atoms with Crippen molar-refractivity contribution in [3.63, 3.8) is 0 Å². The topological polar surface area (TPSA) is 90.7 Å². The minimum atomic E-state index is -0.624. The Labute approximate surface area is 114 Å². The van der Waals surface area contributed by atoms with Crippen molar-refractivity contribution in [1.29, 1.82) is 0 Å². The number of hydrogen-bond donors (Lipinski definition) is 2. The molecule has 0 aliphatic carbocycles. The van der Waals surface area contributed by atoms with Crippen LogP contribution in [0, 0.1) is 5.92 Å². The fourth-order valence-electron chi connectivity index (χ4n) is 1.35. The number of hydroxylamine groups is 1. The Bertz CT molecular complexity index is 349. The van der Waals surface area contributed by atoms with Crippen molar-refractivity contribution in [1.82, 2.24) is 5.48 Å². The minimum Gasteiger partial charge on any atom is -0.463 e. The highest BCUT2D eigenvalue weighted by molar-refractivity contribution is 6.00. The number of nitrogens with one attached hydrogen (secondary N) is 1. The van der Waals surface area contributed by atoms with Crippen LogP contribution in [0.25, 0.3) is 0 Å². The van der Waals surface area contributed by atoms with E-state index in [2.05, 4.69) is 5.48 Å². The van der Waals surface area contributed by atoms with Gasteiger partial charge >= 0.3 is 11.9 Å². The Morgan fingerprint density at radius 1 is 1.21 bits per heavy atom. The normalized spacial score (nSPS) is 13.8. The van der Waals surface area contributed by atoms with Gasteiger partial charge in [0, 0.05) is 18.2 Å². The van der Waals surface area contributed by atoms with Crippen LogP contribution in [0.3, 0.4) is 0 Å². The standard InChI is InChI=1S/C13H24N2O4/c1-6-18-13(17)11(10(5)14)9(4)12(16)19-15-7-8(2)3/h8,10,15H,6-7,14H2,1-5H3. The van der Waals surface area contributed by atoms with Crippen molar-refractivity contribution >= 4 is 11.9 Å². The fourth-order valence-corrected chi connectivity index (χ4v) is 1.35. The van der Waals surface area contributed by atoms with Crippen LogP contribution in [-0.4, -0.2) is 31.1 Å². The molecule has 0 radical (unpaired) electrons. The molecule has 0 amide bonds. The van der Waals surface area contributed by atoms with Crippen molar-refractivity contribution in [3.8, 4) is 0 Å². The Kier molecular flexibility index (Phi) is 8.02. The molecular formula is C13H24N2O4. The van der Waals surface area contributed by atoms with E-state index in [0.717, 1.165) is 0 Å². The summed E-state index contributed by atoms with van der Waals surface area (Å²) in [6.45, 7) is 9.52.